The molecular formula is C30H36F2. The van der Waals surface area contributed by atoms with Crippen molar-refractivity contribution >= 4 is 0 Å². The van der Waals surface area contributed by atoms with Crippen molar-refractivity contribution in [2.45, 2.75) is 77.6 Å². The van der Waals surface area contributed by atoms with Gasteiger partial charge in [-0.3, -0.25) is 0 Å². The van der Waals surface area contributed by atoms with Gasteiger partial charge in [0.25, 0.3) is 0 Å². The minimum absolute atomic E-state index is 0.328. The lowest BCUT2D eigenvalue weighted by atomic mass is 9.97. The van der Waals surface area contributed by atoms with Crippen molar-refractivity contribution < 1.29 is 8.78 Å². The third kappa shape index (κ3) is 7.02. The molecule has 0 aromatic heterocycles. The second kappa shape index (κ2) is 13.2. The molecule has 0 N–H and O–H groups in total. The van der Waals surface area contributed by atoms with E-state index in [2.05, 4.69) is 6.92 Å². The van der Waals surface area contributed by atoms with Gasteiger partial charge in [-0.25, -0.2) is 8.78 Å². The summed E-state index contributed by atoms with van der Waals surface area (Å²) >= 11 is 0. The number of hydrogen-bond donors (Lipinski definition) is 0. The maximum atomic E-state index is 14.8. The van der Waals surface area contributed by atoms with Gasteiger partial charge in [-0.2, -0.15) is 0 Å². The van der Waals surface area contributed by atoms with Crippen LogP contribution in [0, 0.1) is 11.6 Å². The zero-order valence-electron chi connectivity index (χ0n) is 19.4. The van der Waals surface area contributed by atoms with E-state index >= 15 is 0 Å². The Morgan fingerprint density at radius 3 is 1.66 bits per heavy atom. The van der Waals surface area contributed by atoms with Gasteiger partial charge in [0, 0.05) is 5.56 Å². The Labute approximate surface area is 192 Å². The molecule has 0 nitrogen and oxygen atoms in total. The molecule has 32 heavy (non-hydrogen) atoms. The van der Waals surface area contributed by atoms with Crippen LogP contribution in [0.4, 0.5) is 8.78 Å². The van der Waals surface area contributed by atoms with Crippen LogP contribution < -0.4 is 0 Å². The lowest BCUT2D eigenvalue weighted by Gasteiger charge is -2.10. The first-order valence-electron chi connectivity index (χ1n) is 12.3. The van der Waals surface area contributed by atoms with Crippen LogP contribution in [0.15, 0.2) is 66.7 Å². The number of rotatable bonds is 13. The Kier molecular flexibility index (Phi) is 9.94. The quantitative estimate of drug-likeness (QED) is 0.235. The molecule has 0 saturated carbocycles. The summed E-state index contributed by atoms with van der Waals surface area (Å²) in [6, 6.07) is 21.2. The van der Waals surface area contributed by atoms with E-state index in [0.717, 1.165) is 24.0 Å². The molecule has 3 aromatic rings. The molecule has 0 unspecified atom stereocenters. The zero-order valence-corrected chi connectivity index (χ0v) is 19.4. The van der Waals surface area contributed by atoms with Gasteiger partial charge in [-0.15, -0.1) is 0 Å². The lowest BCUT2D eigenvalue weighted by molar-refractivity contribution is 0.496. The molecule has 0 aliphatic carbocycles. The van der Waals surface area contributed by atoms with Crippen LogP contribution in [0.3, 0.4) is 0 Å². The Hall–Kier alpha value is -2.48. The third-order valence-electron chi connectivity index (χ3n) is 6.26. The summed E-state index contributed by atoms with van der Waals surface area (Å²) in [7, 11) is 0. The lowest BCUT2D eigenvalue weighted by Crippen LogP contribution is -1.98. The second-order valence-corrected chi connectivity index (χ2v) is 8.78. The van der Waals surface area contributed by atoms with Crippen molar-refractivity contribution in [3.63, 3.8) is 0 Å². The van der Waals surface area contributed by atoms with Gasteiger partial charge in [-0.05, 0) is 35.1 Å². The Morgan fingerprint density at radius 1 is 0.500 bits per heavy atom. The molecular weight excluding hydrogens is 398 g/mol. The number of hydrogen-bond acceptors (Lipinski definition) is 0. The Balaban J connectivity index is 1.49. The molecule has 0 fully saturated rings. The first-order valence-corrected chi connectivity index (χ1v) is 12.3. The first-order chi connectivity index (χ1) is 15.7. The fraction of sp³-hybridized carbons (Fsp3) is 0.400. The summed E-state index contributed by atoms with van der Waals surface area (Å²) in [6.45, 7) is 2.24. The average Bonchev–Trinajstić information content (AvgIpc) is 2.83. The van der Waals surface area contributed by atoms with Crippen LogP contribution in [-0.2, 0) is 6.42 Å². The predicted octanol–water partition coefficient (Wildman–Crippen LogP) is 9.76. The van der Waals surface area contributed by atoms with Crippen LogP contribution in [0.5, 0.6) is 0 Å². The highest BCUT2D eigenvalue weighted by Gasteiger charge is 2.14. The number of benzene rings is 3. The summed E-state index contributed by atoms with van der Waals surface area (Å²) < 4.78 is 29.5. The predicted molar refractivity (Wildman–Crippen MR) is 133 cm³/mol. The fourth-order valence-electron chi connectivity index (χ4n) is 4.28. The summed E-state index contributed by atoms with van der Waals surface area (Å²) in [4.78, 5) is 0. The van der Waals surface area contributed by atoms with Crippen LogP contribution >= 0.6 is 0 Å². The molecule has 3 rings (SSSR count). The van der Waals surface area contributed by atoms with E-state index in [4.69, 9.17) is 0 Å². The highest BCUT2D eigenvalue weighted by atomic mass is 19.2. The molecule has 0 spiro atoms. The van der Waals surface area contributed by atoms with E-state index in [-0.39, 0.29) is 0 Å². The van der Waals surface area contributed by atoms with Crippen LogP contribution in [0.25, 0.3) is 22.3 Å². The largest absolute Gasteiger partial charge is 0.203 e. The molecule has 0 saturated heterocycles. The molecule has 0 aliphatic rings. The molecule has 0 heterocycles. The van der Waals surface area contributed by atoms with Gasteiger partial charge < -0.3 is 0 Å². The standard InChI is InChI=1S/C30H36F2/c1-2-3-4-5-6-7-8-9-10-12-17-27-22-23-28(30(32)29(27)31)26-20-18-25(19-21-26)24-15-13-11-14-16-24/h11,13-16,18-23H,2-10,12,17H2,1H3. The van der Waals surface area contributed by atoms with Crippen molar-refractivity contribution in [3.8, 4) is 22.3 Å². The van der Waals surface area contributed by atoms with Gasteiger partial charge in [0.05, 0.1) is 0 Å². The molecule has 170 valence electrons. The van der Waals surface area contributed by atoms with E-state index < -0.39 is 11.6 Å². The number of aryl methyl sites for hydroxylation is 1. The first kappa shape index (κ1) is 24.2. The topological polar surface area (TPSA) is 0 Å². The van der Waals surface area contributed by atoms with E-state index in [1.807, 2.05) is 54.6 Å². The van der Waals surface area contributed by atoms with Crippen LogP contribution in [-0.4, -0.2) is 0 Å². The average molecular weight is 435 g/mol. The van der Waals surface area contributed by atoms with Gasteiger partial charge in [0.1, 0.15) is 0 Å². The third-order valence-corrected chi connectivity index (χ3v) is 6.26. The fourth-order valence-corrected chi connectivity index (χ4v) is 4.28. The van der Waals surface area contributed by atoms with E-state index in [0.29, 0.717) is 23.1 Å². The molecule has 0 aliphatic heterocycles. The smallest absolute Gasteiger partial charge is 0.166 e. The monoisotopic (exact) mass is 434 g/mol. The summed E-state index contributed by atoms with van der Waals surface area (Å²) in [5.41, 5.74) is 3.69. The van der Waals surface area contributed by atoms with Crippen LogP contribution in [0.2, 0.25) is 0 Å². The summed E-state index contributed by atoms with van der Waals surface area (Å²) in [6.07, 6.45) is 13.0. The van der Waals surface area contributed by atoms with E-state index in [1.54, 1.807) is 12.1 Å². The SMILES string of the molecule is CCCCCCCCCCCCc1ccc(-c2ccc(-c3ccccc3)cc2)c(F)c1F. The second-order valence-electron chi connectivity index (χ2n) is 8.78. The van der Waals surface area contributed by atoms with Gasteiger partial charge in [0.15, 0.2) is 11.6 Å². The molecule has 0 bridgehead atoms. The van der Waals surface area contributed by atoms with Crippen molar-refractivity contribution in [2.75, 3.05) is 0 Å². The highest BCUT2D eigenvalue weighted by Crippen LogP contribution is 2.29. The van der Waals surface area contributed by atoms with Crippen molar-refractivity contribution in [1.29, 1.82) is 0 Å². The highest BCUT2D eigenvalue weighted by molar-refractivity contribution is 5.71. The van der Waals surface area contributed by atoms with Gasteiger partial charge >= 0.3 is 0 Å². The molecule has 0 atom stereocenters. The molecule has 3 aromatic carbocycles. The van der Waals surface area contributed by atoms with E-state index in [1.165, 1.54) is 51.4 Å². The molecule has 2 heteroatoms. The number of halogens is 2. The maximum absolute atomic E-state index is 14.8. The van der Waals surface area contributed by atoms with E-state index in [9.17, 15) is 8.78 Å². The normalized spacial score (nSPS) is 11.1. The van der Waals surface area contributed by atoms with Gasteiger partial charge in [-0.1, -0.05) is 131 Å². The molecule has 0 amide bonds. The van der Waals surface area contributed by atoms with Crippen molar-refractivity contribution in [2.24, 2.45) is 0 Å². The maximum Gasteiger partial charge on any atom is 0.166 e. The van der Waals surface area contributed by atoms with Crippen LogP contribution in [0.1, 0.15) is 76.7 Å². The van der Waals surface area contributed by atoms with Crippen molar-refractivity contribution in [1.82, 2.24) is 0 Å². The van der Waals surface area contributed by atoms with Crippen molar-refractivity contribution in [3.05, 3.63) is 83.9 Å². The summed E-state index contributed by atoms with van der Waals surface area (Å²) in [5.74, 6) is -1.42. The Morgan fingerprint density at radius 2 is 1.03 bits per heavy atom. The molecule has 0 radical (unpaired) electrons. The van der Waals surface area contributed by atoms with Gasteiger partial charge in [0.2, 0.25) is 0 Å². The zero-order chi connectivity index (χ0) is 22.6. The summed E-state index contributed by atoms with van der Waals surface area (Å²) in [5, 5.41) is 0. The minimum Gasteiger partial charge on any atom is -0.203 e. The Bertz CT molecular complexity index is 929. The number of unbranched alkanes of at least 4 members (excludes halogenated alkanes) is 9. The minimum atomic E-state index is -0.734.